The number of aliphatic hydroxyl groups is 1. The highest BCUT2D eigenvalue weighted by Gasteiger charge is 2.67. The number of fused-ring (bicyclic) bond motifs is 2. The summed E-state index contributed by atoms with van der Waals surface area (Å²) >= 11 is 0. The Kier molecular flexibility index (Phi) is 14.3. The lowest BCUT2D eigenvalue weighted by Crippen LogP contribution is -2.55. The van der Waals surface area contributed by atoms with Crippen LogP contribution in [0.2, 0.25) is 18.6 Å². The molecule has 67 heavy (non-hydrogen) atoms. The third-order valence-corrected chi connectivity index (χ3v) is 19.5. The number of para-hydroxylation sites is 1. The Bertz CT molecular complexity index is 2470. The van der Waals surface area contributed by atoms with Crippen molar-refractivity contribution in [3.63, 3.8) is 0 Å². The zero-order valence-electron chi connectivity index (χ0n) is 40.5. The van der Waals surface area contributed by atoms with E-state index in [2.05, 4.69) is 87.4 Å². The van der Waals surface area contributed by atoms with E-state index in [9.17, 15) is 9.90 Å². The number of ether oxygens (including phenoxy) is 2. The number of nitrogens with one attached hydrogen (secondary N) is 1. The number of methoxy groups -OCH3 is 1. The van der Waals surface area contributed by atoms with E-state index in [1.54, 1.807) is 12.0 Å². The van der Waals surface area contributed by atoms with Gasteiger partial charge in [0.2, 0.25) is 5.91 Å². The number of piperidine rings is 1. The number of allylic oxidation sites excluding steroid dienone is 3. The van der Waals surface area contributed by atoms with Gasteiger partial charge in [-0.2, -0.15) is 0 Å². The Morgan fingerprint density at radius 2 is 1.60 bits per heavy atom. The first-order chi connectivity index (χ1) is 32.2. The van der Waals surface area contributed by atoms with Crippen LogP contribution in [0, 0.1) is 5.92 Å². The first-order valence-corrected chi connectivity index (χ1v) is 27.2. The van der Waals surface area contributed by atoms with Crippen molar-refractivity contribution < 1.29 is 29.0 Å². The number of hydrogen-bond donors (Lipinski definition) is 2. The fourth-order valence-electron chi connectivity index (χ4n) is 11.5. The molecule has 3 amide bonds. The largest absolute Gasteiger partial charge is 0.497 e. The van der Waals surface area contributed by atoms with Gasteiger partial charge in [0.25, 0.3) is 11.8 Å². The van der Waals surface area contributed by atoms with E-state index in [1.165, 1.54) is 16.3 Å². The molecule has 0 unspecified atom stereocenters. The highest BCUT2D eigenvalue weighted by atomic mass is 28.3. The number of nitrogens with zero attached hydrogens (tertiary/aromatic N) is 4. The summed E-state index contributed by atoms with van der Waals surface area (Å²) in [6.07, 6.45) is 6.95. The molecule has 11 nitrogen and oxygen atoms in total. The van der Waals surface area contributed by atoms with Crippen molar-refractivity contribution in [1.29, 1.82) is 0 Å². The minimum absolute atomic E-state index is 0.0368. The Morgan fingerprint density at radius 3 is 2.25 bits per heavy atom. The minimum atomic E-state index is -2.62. The van der Waals surface area contributed by atoms with Gasteiger partial charge in [-0.3, -0.25) is 19.3 Å². The van der Waals surface area contributed by atoms with Crippen molar-refractivity contribution in [3.05, 3.63) is 138 Å². The average Bonchev–Trinajstić information content (AvgIpc) is 3.88. The van der Waals surface area contributed by atoms with E-state index in [4.69, 9.17) is 9.47 Å². The molecule has 0 saturated carbocycles. The third-order valence-electron chi connectivity index (χ3n) is 15.1. The quantitative estimate of drug-likeness (QED) is 0.0853. The van der Waals surface area contributed by atoms with Crippen molar-refractivity contribution in [1.82, 2.24) is 10.2 Å². The molecule has 4 aliphatic rings. The second-order valence-corrected chi connectivity index (χ2v) is 24.5. The average molecular weight is 924 g/mol. The van der Waals surface area contributed by atoms with Gasteiger partial charge in [-0.05, 0) is 113 Å². The van der Waals surface area contributed by atoms with Gasteiger partial charge in [-0.1, -0.05) is 109 Å². The van der Waals surface area contributed by atoms with Gasteiger partial charge in [-0.15, -0.1) is 0 Å². The van der Waals surface area contributed by atoms with Crippen LogP contribution in [0.1, 0.15) is 70.9 Å². The molecule has 4 atom stereocenters. The molecule has 0 bridgehead atoms. The Morgan fingerprint density at radius 1 is 0.910 bits per heavy atom. The monoisotopic (exact) mass is 924 g/mol. The maximum Gasteiger partial charge on any atom is 0.264 e. The van der Waals surface area contributed by atoms with Crippen molar-refractivity contribution in [2.75, 3.05) is 61.3 Å². The first-order valence-electron chi connectivity index (χ1n) is 24.1. The Balaban J connectivity index is 1.24. The number of aliphatic hydroxyl groups excluding tert-OH is 1. The van der Waals surface area contributed by atoms with Gasteiger partial charge in [0.1, 0.15) is 11.3 Å². The van der Waals surface area contributed by atoms with Crippen LogP contribution in [0.5, 0.6) is 5.75 Å². The summed E-state index contributed by atoms with van der Waals surface area (Å²) in [6, 6.07) is 34.3. The van der Waals surface area contributed by atoms with Gasteiger partial charge in [0.15, 0.2) is 5.60 Å². The summed E-state index contributed by atoms with van der Waals surface area (Å²) in [5.41, 5.74) is 4.30. The summed E-state index contributed by atoms with van der Waals surface area (Å²) in [5, 5.41) is 14.9. The second kappa shape index (κ2) is 20.0. The molecule has 3 fully saturated rings. The van der Waals surface area contributed by atoms with Crippen LogP contribution in [0.25, 0.3) is 0 Å². The molecule has 354 valence electrons. The predicted octanol–water partition coefficient (Wildman–Crippen LogP) is 8.29. The van der Waals surface area contributed by atoms with Crippen LogP contribution >= 0.6 is 0 Å². The van der Waals surface area contributed by atoms with Crippen molar-refractivity contribution in [2.45, 2.75) is 102 Å². The Labute approximate surface area is 398 Å². The van der Waals surface area contributed by atoms with Crippen LogP contribution < -0.4 is 29.9 Å². The standard InChI is InChI=1S/C55H69N5O6Si/c1-39(2)15-14-16-40(3)27-32-58-48-26-21-44(59-38-60(43-19-12-9-13-20-43)54(52(59)63)28-30-56-31-29-54)35-47(48)55(53(58)64)41(4)51(67(6,7)46-24-22-45(65-5)23-25-46)49(66-55)36-50(62)57(33-34-61)37-42-17-10-8-11-18-42/h8-13,15,17-27,35,41,49,51,56,61H,14,16,28-34,36-38H2,1-7H3/b40-27+/t41-,49+,51-,55+/m0/s1. The molecule has 0 radical (unpaired) electrons. The van der Waals surface area contributed by atoms with Gasteiger partial charge in [0, 0.05) is 42.5 Å². The molecule has 4 heterocycles. The van der Waals surface area contributed by atoms with Crippen molar-refractivity contribution >= 4 is 48.0 Å². The van der Waals surface area contributed by atoms with E-state index >= 15 is 9.59 Å². The summed E-state index contributed by atoms with van der Waals surface area (Å²) < 4.78 is 13.1. The number of benzene rings is 4. The van der Waals surface area contributed by atoms with Gasteiger partial charge < -0.3 is 34.6 Å². The van der Waals surface area contributed by atoms with Crippen LogP contribution in [-0.4, -0.2) is 94.0 Å². The van der Waals surface area contributed by atoms with E-state index in [1.807, 2.05) is 88.7 Å². The van der Waals surface area contributed by atoms with Gasteiger partial charge in [-0.25, -0.2) is 0 Å². The highest BCUT2D eigenvalue weighted by molar-refractivity contribution is 6.91. The lowest BCUT2D eigenvalue weighted by atomic mass is 9.82. The maximum atomic E-state index is 15.8. The molecule has 4 aromatic carbocycles. The Hall–Kier alpha value is -5.53. The number of carbonyl (C=O) groups is 3. The third kappa shape index (κ3) is 9.13. The molecule has 2 spiro atoms. The fourth-order valence-corrected chi connectivity index (χ4v) is 15.5. The molecule has 2 N–H and O–H groups in total. The van der Waals surface area contributed by atoms with Gasteiger partial charge in [0.05, 0.1) is 46.7 Å². The molecule has 0 aromatic heterocycles. The molecule has 8 rings (SSSR count). The molecular formula is C55H69N5O6Si. The van der Waals surface area contributed by atoms with Crippen molar-refractivity contribution in [3.8, 4) is 5.75 Å². The molecule has 4 aliphatic heterocycles. The van der Waals surface area contributed by atoms with Gasteiger partial charge >= 0.3 is 0 Å². The highest BCUT2D eigenvalue weighted by Crippen LogP contribution is 2.60. The number of rotatable bonds is 16. The number of anilines is 3. The predicted molar refractivity (Wildman–Crippen MR) is 270 cm³/mol. The molecule has 0 aliphatic carbocycles. The van der Waals surface area contributed by atoms with Crippen LogP contribution in [-0.2, 0) is 31.3 Å². The lowest BCUT2D eigenvalue weighted by molar-refractivity contribution is -0.149. The summed E-state index contributed by atoms with van der Waals surface area (Å²) in [4.78, 5) is 53.4. The number of amides is 3. The summed E-state index contributed by atoms with van der Waals surface area (Å²) in [7, 11) is -0.959. The minimum Gasteiger partial charge on any atom is -0.497 e. The normalized spacial score (nSPS) is 22.5. The van der Waals surface area contributed by atoms with Crippen LogP contribution in [0.4, 0.5) is 17.1 Å². The fraction of sp³-hybridized carbons (Fsp3) is 0.436. The molecular weight excluding hydrogens is 855 g/mol. The molecule has 4 aromatic rings. The van der Waals surface area contributed by atoms with Crippen LogP contribution in [0.15, 0.2) is 126 Å². The zero-order valence-corrected chi connectivity index (χ0v) is 41.5. The first kappa shape index (κ1) is 47.9. The SMILES string of the molecule is COc1ccc([Si](C)(C)[C@@H]2[C@@H](CC(=O)N(CCO)Cc3ccccc3)O[C@]3(C(=O)N(C/C=C(\C)CCC=C(C)C)c4ccc(N5CN(c6ccccc6)C6(CCNCC6)C5=O)cc43)[C@H]2C)cc1. The smallest absolute Gasteiger partial charge is 0.264 e. The molecule has 12 heteroatoms. The maximum absolute atomic E-state index is 15.8. The number of hydrogen-bond acceptors (Lipinski definition) is 8. The topological polar surface area (TPSA) is 115 Å². The lowest BCUT2D eigenvalue weighted by Gasteiger charge is -2.39. The second-order valence-electron chi connectivity index (χ2n) is 19.8. The zero-order chi connectivity index (χ0) is 47.5. The van der Waals surface area contributed by atoms with E-state index in [0.717, 1.165) is 59.9 Å². The van der Waals surface area contributed by atoms with E-state index in [0.29, 0.717) is 32.6 Å². The van der Waals surface area contributed by atoms with E-state index in [-0.39, 0.29) is 48.8 Å². The summed E-state index contributed by atoms with van der Waals surface area (Å²) in [6.45, 7) is 15.7. The molecule has 3 saturated heterocycles. The van der Waals surface area contributed by atoms with Crippen LogP contribution in [0.3, 0.4) is 0 Å². The van der Waals surface area contributed by atoms with Crippen molar-refractivity contribution in [2.24, 2.45) is 5.92 Å². The number of carbonyl (C=O) groups excluding carboxylic acids is 3. The summed E-state index contributed by atoms with van der Waals surface area (Å²) in [5.74, 6) is 0.160. The van der Waals surface area contributed by atoms with E-state index < -0.39 is 25.3 Å².